The van der Waals surface area contributed by atoms with E-state index in [1.54, 1.807) is 11.8 Å². The third kappa shape index (κ3) is 3.06. The van der Waals surface area contributed by atoms with E-state index >= 15 is 0 Å². The lowest BCUT2D eigenvalue weighted by atomic mass is 9.86. The maximum atomic E-state index is 14.6. The van der Waals surface area contributed by atoms with Gasteiger partial charge in [-0.2, -0.15) is 11.8 Å². The number of nitrogens with one attached hydrogen (secondary N) is 1. The van der Waals surface area contributed by atoms with E-state index in [9.17, 15) is 8.78 Å². The average molecular weight is 378 g/mol. The number of halogens is 3. The molecular formula is C20H18ClF2NS. The van der Waals surface area contributed by atoms with Gasteiger partial charge in [-0.05, 0) is 48.3 Å². The van der Waals surface area contributed by atoms with E-state index in [1.807, 2.05) is 18.3 Å². The van der Waals surface area contributed by atoms with Crippen molar-refractivity contribution in [3.05, 3.63) is 69.9 Å². The zero-order valence-corrected chi connectivity index (χ0v) is 15.4. The van der Waals surface area contributed by atoms with Crippen LogP contribution >= 0.6 is 23.4 Å². The first-order valence-corrected chi connectivity index (χ1v) is 10.1. The summed E-state index contributed by atoms with van der Waals surface area (Å²) in [6.07, 6.45) is 5.96. The number of fused-ring (bicyclic) bond motifs is 1. The van der Waals surface area contributed by atoms with E-state index in [4.69, 9.17) is 11.6 Å². The molecule has 1 aromatic heterocycles. The predicted octanol–water partition coefficient (Wildman–Crippen LogP) is 6.50. The first-order chi connectivity index (χ1) is 12.1. The van der Waals surface area contributed by atoms with Crippen molar-refractivity contribution in [2.75, 3.05) is 6.26 Å². The van der Waals surface area contributed by atoms with E-state index in [0.29, 0.717) is 0 Å². The molecule has 1 aliphatic rings. The highest BCUT2D eigenvalue weighted by Gasteiger charge is 2.38. The molecule has 1 fully saturated rings. The van der Waals surface area contributed by atoms with Gasteiger partial charge in [-0.25, -0.2) is 8.78 Å². The molecule has 3 aromatic rings. The van der Waals surface area contributed by atoms with Crippen LogP contribution in [0, 0.1) is 17.6 Å². The Bertz CT molecular complexity index is 910. The fourth-order valence-electron chi connectivity index (χ4n) is 3.70. The van der Waals surface area contributed by atoms with Gasteiger partial charge in [0.2, 0.25) is 0 Å². The Hall–Kier alpha value is -1.52. The minimum Gasteiger partial charge on any atom is -0.361 e. The number of thioether (sulfide) groups is 1. The van der Waals surface area contributed by atoms with Crippen LogP contribution in [0.5, 0.6) is 0 Å². The highest BCUT2D eigenvalue weighted by molar-refractivity contribution is 7.97. The molecule has 25 heavy (non-hydrogen) atoms. The van der Waals surface area contributed by atoms with Gasteiger partial charge < -0.3 is 4.98 Å². The fraction of sp³-hybridized carbons (Fsp3) is 0.300. The zero-order valence-electron chi connectivity index (χ0n) is 13.8. The van der Waals surface area contributed by atoms with Crippen molar-refractivity contribution < 1.29 is 8.78 Å². The molecule has 0 bridgehead atoms. The third-order valence-electron chi connectivity index (χ3n) is 4.92. The van der Waals surface area contributed by atoms with E-state index in [1.165, 1.54) is 17.7 Å². The maximum Gasteiger partial charge on any atom is 0.131 e. The molecule has 0 aliphatic heterocycles. The highest BCUT2D eigenvalue weighted by Crippen LogP contribution is 2.49. The van der Waals surface area contributed by atoms with E-state index in [-0.39, 0.29) is 22.4 Å². The summed E-state index contributed by atoms with van der Waals surface area (Å²) in [6.45, 7) is 0. The van der Waals surface area contributed by atoms with Crippen molar-refractivity contribution in [3.8, 4) is 0 Å². The van der Waals surface area contributed by atoms with Crippen molar-refractivity contribution in [1.29, 1.82) is 0 Å². The van der Waals surface area contributed by atoms with Gasteiger partial charge in [-0.3, -0.25) is 0 Å². The fourth-order valence-corrected chi connectivity index (χ4v) is 4.44. The Labute approximate surface area is 154 Å². The molecule has 1 aliphatic carbocycles. The number of para-hydroxylation sites is 1. The van der Waals surface area contributed by atoms with Crippen molar-refractivity contribution in [3.63, 3.8) is 0 Å². The molecule has 0 spiro atoms. The summed E-state index contributed by atoms with van der Waals surface area (Å²) in [4.78, 5) is 3.34. The van der Waals surface area contributed by atoms with Crippen LogP contribution in [0.1, 0.15) is 35.4 Å². The van der Waals surface area contributed by atoms with Crippen LogP contribution < -0.4 is 0 Å². The number of aromatic nitrogens is 1. The Morgan fingerprint density at radius 2 is 1.96 bits per heavy atom. The van der Waals surface area contributed by atoms with Crippen LogP contribution in [0.4, 0.5) is 8.78 Å². The first-order valence-electron chi connectivity index (χ1n) is 8.32. The van der Waals surface area contributed by atoms with Gasteiger partial charge in [0, 0.05) is 39.4 Å². The van der Waals surface area contributed by atoms with Gasteiger partial charge in [0.05, 0.1) is 0 Å². The summed E-state index contributed by atoms with van der Waals surface area (Å²) >= 11 is 7.56. The van der Waals surface area contributed by atoms with Gasteiger partial charge in [-0.1, -0.05) is 29.8 Å². The minimum absolute atomic E-state index is 0.0921. The molecule has 0 saturated heterocycles. The summed E-state index contributed by atoms with van der Waals surface area (Å²) in [5.41, 5.74) is 3.39. The molecule has 2 aromatic carbocycles. The van der Waals surface area contributed by atoms with E-state index in [2.05, 4.69) is 17.3 Å². The largest absolute Gasteiger partial charge is 0.361 e. The topological polar surface area (TPSA) is 15.8 Å². The Morgan fingerprint density at radius 1 is 1.24 bits per heavy atom. The van der Waals surface area contributed by atoms with Crippen LogP contribution in [-0.2, 0) is 5.75 Å². The van der Waals surface area contributed by atoms with Gasteiger partial charge in [0.15, 0.2) is 0 Å². The van der Waals surface area contributed by atoms with Crippen molar-refractivity contribution in [2.45, 2.75) is 24.5 Å². The SMILES string of the molecule is CSCc1cccc2c(C(c3c(F)cc(Cl)cc3F)C3CC3)c[nH]c12. The molecule has 130 valence electrons. The number of H-pyrrole nitrogens is 1. The van der Waals surface area contributed by atoms with Crippen LogP contribution in [-0.4, -0.2) is 11.2 Å². The first kappa shape index (κ1) is 16.9. The second-order valence-corrected chi connectivity index (χ2v) is 7.92. The van der Waals surface area contributed by atoms with Gasteiger partial charge in [0.1, 0.15) is 11.6 Å². The second-order valence-electron chi connectivity index (χ2n) is 6.61. The molecule has 1 nitrogen and oxygen atoms in total. The lowest BCUT2D eigenvalue weighted by Gasteiger charge is -2.18. The predicted molar refractivity (Wildman–Crippen MR) is 101 cm³/mol. The zero-order chi connectivity index (χ0) is 17.6. The van der Waals surface area contributed by atoms with Crippen molar-refractivity contribution in [1.82, 2.24) is 4.98 Å². The molecular weight excluding hydrogens is 360 g/mol. The van der Waals surface area contributed by atoms with Gasteiger partial charge in [0.25, 0.3) is 0 Å². The van der Waals surface area contributed by atoms with Crippen LogP contribution in [0.15, 0.2) is 36.5 Å². The van der Waals surface area contributed by atoms with Crippen LogP contribution in [0.3, 0.4) is 0 Å². The van der Waals surface area contributed by atoms with Crippen molar-refractivity contribution >= 4 is 34.3 Å². The van der Waals surface area contributed by atoms with Crippen LogP contribution in [0.25, 0.3) is 10.9 Å². The number of aromatic amines is 1. The number of benzene rings is 2. The lowest BCUT2D eigenvalue weighted by molar-refractivity contribution is 0.526. The molecule has 1 saturated carbocycles. The average Bonchev–Trinajstić information content (AvgIpc) is 3.30. The van der Waals surface area contributed by atoms with Gasteiger partial charge >= 0.3 is 0 Å². The molecule has 1 unspecified atom stereocenters. The Balaban J connectivity index is 1.89. The summed E-state index contributed by atoms with van der Waals surface area (Å²) < 4.78 is 29.2. The maximum absolute atomic E-state index is 14.6. The van der Waals surface area contributed by atoms with Crippen molar-refractivity contribution in [2.24, 2.45) is 5.92 Å². The molecule has 1 N–H and O–H groups in total. The monoisotopic (exact) mass is 377 g/mol. The quantitative estimate of drug-likeness (QED) is 0.536. The van der Waals surface area contributed by atoms with E-state index < -0.39 is 11.6 Å². The Morgan fingerprint density at radius 3 is 2.60 bits per heavy atom. The molecule has 5 heteroatoms. The molecule has 1 heterocycles. The normalized spacial score (nSPS) is 15.7. The standard InChI is InChI=1S/C20H18ClF2NS/c1-25-10-12-3-2-4-14-15(9-24-20(12)14)18(11-5-6-11)19-16(22)7-13(21)8-17(19)23/h2-4,7-9,11,18,24H,5-6,10H2,1H3. The third-order valence-corrected chi connectivity index (χ3v) is 5.73. The van der Waals surface area contributed by atoms with E-state index in [0.717, 1.165) is 35.1 Å². The molecule has 0 radical (unpaired) electrons. The molecule has 0 amide bonds. The molecule has 1 atom stereocenters. The smallest absolute Gasteiger partial charge is 0.131 e. The van der Waals surface area contributed by atoms with Crippen LogP contribution in [0.2, 0.25) is 5.02 Å². The summed E-state index contributed by atoms with van der Waals surface area (Å²) in [6, 6.07) is 8.57. The summed E-state index contributed by atoms with van der Waals surface area (Å²) in [5.74, 6) is -0.230. The minimum atomic E-state index is -0.559. The number of hydrogen-bond donors (Lipinski definition) is 1. The highest BCUT2D eigenvalue weighted by atomic mass is 35.5. The second kappa shape index (κ2) is 6.65. The van der Waals surface area contributed by atoms with Gasteiger partial charge in [-0.15, -0.1) is 0 Å². The number of rotatable bonds is 5. The number of hydrogen-bond acceptors (Lipinski definition) is 1. The summed E-state index contributed by atoms with van der Waals surface area (Å²) in [5, 5.41) is 1.15. The Kier molecular flexibility index (Phi) is 4.50. The molecule has 4 rings (SSSR count). The summed E-state index contributed by atoms with van der Waals surface area (Å²) in [7, 11) is 0. The lowest BCUT2D eigenvalue weighted by Crippen LogP contribution is -2.08.